The van der Waals surface area contributed by atoms with Crippen molar-refractivity contribution in [3.05, 3.63) is 11.9 Å². The maximum absolute atomic E-state index is 10.2. The standard InChI is InChI=1S/C17H31N3O5/c1-10-11(8-21)25-15(14(23)13(10)22)24-9-17(5,6)12-7-20(19-18-12)16(2,3)4/h7,10-11,13-15,21-23H,8-9H2,1-6H3/t10-,11+,13-,14+,15+/m0/s1. The van der Waals surface area contributed by atoms with Gasteiger partial charge in [-0.15, -0.1) is 5.10 Å². The predicted octanol–water partition coefficient (Wildman–Crippen LogP) is 0.402. The van der Waals surface area contributed by atoms with Gasteiger partial charge in [-0.3, -0.25) is 0 Å². The van der Waals surface area contributed by atoms with Crippen LogP contribution in [0.4, 0.5) is 0 Å². The van der Waals surface area contributed by atoms with E-state index in [2.05, 4.69) is 10.3 Å². The molecule has 1 saturated heterocycles. The molecule has 0 saturated carbocycles. The molecule has 1 fully saturated rings. The second-order valence-electron chi connectivity index (χ2n) is 8.48. The van der Waals surface area contributed by atoms with E-state index in [1.165, 1.54) is 0 Å². The highest BCUT2D eigenvalue weighted by molar-refractivity contribution is 5.09. The SMILES string of the molecule is C[C@@H]1[C@H](O)[C@@H](O)[C@H](OCC(C)(C)c2cn(C(C)(C)C)nn2)O[C@@H]1CO. The van der Waals surface area contributed by atoms with E-state index >= 15 is 0 Å². The maximum atomic E-state index is 10.2. The summed E-state index contributed by atoms with van der Waals surface area (Å²) in [5.41, 5.74) is 0.134. The Balaban J connectivity index is 2.04. The lowest BCUT2D eigenvalue weighted by Gasteiger charge is -2.41. The van der Waals surface area contributed by atoms with Gasteiger partial charge in [-0.1, -0.05) is 26.0 Å². The quantitative estimate of drug-likeness (QED) is 0.700. The predicted molar refractivity (Wildman–Crippen MR) is 90.9 cm³/mol. The normalized spacial score (nSPS) is 31.3. The molecule has 1 aromatic rings. The molecule has 0 spiro atoms. The first-order valence-electron chi connectivity index (χ1n) is 8.64. The van der Waals surface area contributed by atoms with Crippen LogP contribution in [0.3, 0.4) is 0 Å². The van der Waals surface area contributed by atoms with E-state index in [4.69, 9.17) is 9.47 Å². The lowest BCUT2D eigenvalue weighted by atomic mass is 9.90. The highest BCUT2D eigenvalue weighted by Crippen LogP contribution is 2.29. The zero-order valence-corrected chi connectivity index (χ0v) is 15.9. The average Bonchev–Trinajstić information content (AvgIpc) is 3.03. The monoisotopic (exact) mass is 357 g/mol. The fourth-order valence-electron chi connectivity index (χ4n) is 2.68. The summed E-state index contributed by atoms with van der Waals surface area (Å²) in [7, 11) is 0. The lowest BCUT2D eigenvalue weighted by molar-refractivity contribution is -0.291. The van der Waals surface area contributed by atoms with Gasteiger partial charge in [-0.05, 0) is 20.8 Å². The van der Waals surface area contributed by atoms with Crippen molar-refractivity contribution in [3.8, 4) is 0 Å². The molecule has 2 rings (SSSR count). The van der Waals surface area contributed by atoms with Gasteiger partial charge in [0.15, 0.2) is 6.29 Å². The van der Waals surface area contributed by atoms with Crippen molar-refractivity contribution in [2.24, 2.45) is 5.92 Å². The van der Waals surface area contributed by atoms with E-state index < -0.39 is 30.0 Å². The molecule has 144 valence electrons. The summed E-state index contributed by atoms with van der Waals surface area (Å²) in [6.07, 6.45) is -1.87. The number of hydrogen-bond acceptors (Lipinski definition) is 7. The van der Waals surface area contributed by atoms with Crippen LogP contribution in [0.1, 0.15) is 47.2 Å². The first kappa shape index (κ1) is 20.3. The molecule has 0 bridgehead atoms. The van der Waals surface area contributed by atoms with E-state index in [1.54, 1.807) is 11.6 Å². The van der Waals surface area contributed by atoms with Crippen molar-refractivity contribution in [2.45, 2.75) is 77.1 Å². The average molecular weight is 357 g/mol. The first-order chi connectivity index (χ1) is 11.5. The zero-order chi connectivity index (χ0) is 19.0. The van der Waals surface area contributed by atoms with Gasteiger partial charge in [0.25, 0.3) is 0 Å². The molecule has 0 aromatic carbocycles. The minimum Gasteiger partial charge on any atom is -0.394 e. The van der Waals surface area contributed by atoms with Crippen LogP contribution in [0.5, 0.6) is 0 Å². The molecule has 1 aliphatic rings. The van der Waals surface area contributed by atoms with Crippen LogP contribution in [0.25, 0.3) is 0 Å². The Kier molecular flexibility index (Phi) is 5.90. The van der Waals surface area contributed by atoms with Gasteiger partial charge in [0.2, 0.25) is 0 Å². The molecule has 2 heterocycles. The van der Waals surface area contributed by atoms with Crippen molar-refractivity contribution in [3.63, 3.8) is 0 Å². The van der Waals surface area contributed by atoms with Crippen molar-refractivity contribution in [2.75, 3.05) is 13.2 Å². The van der Waals surface area contributed by atoms with E-state index in [9.17, 15) is 15.3 Å². The third-order valence-electron chi connectivity index (χ3n) is 4.73. The number of aliphatic hydroxyl groups is 3. The summed E-state index contributed by atoms with van der Waals surface area (Å²) >= 11 is 0. The van der Waals surface area contributed by atoms with Crippen LogP contribution < -0.4 is 0 Å². The number of rotatable bonds is 5. The molecule has 3 N–H and O–H groups in total. The van der Waals surface area contributed by atoms with Crippen molar-refractivity contribution >= 4 is 0 Å². The second kappa shape index (κ2) is 7.28. The molecule has 0 amide bonds. The molecule has 0 radical (unpaired) electrons. The smallest absolute Gasteiger partial charge is 0.186 e. The highest BCUT2D eigenvalue weighted by Gasteiger charge is 2.43. The summed E-state index contributed by atoms with van der Waals surface area (Å²) in [4.78, 5) is 0. The number of aliphatic hydroxyl groups excluding tert-OH is 3. The molecule has 25 heavy (non-hydrogen) atoms. The highest BCUT2D eigenvalue weighted by atomic mass is 16.7. The molecular formula is C17H31N3O5. The van der Waals surface area contributed by atoms with Crippen molar-refractivity contribution in [1.29, 1.82) is 0 Å². The number of hydrogen-bond donors (Lipinski definition) is 3. The summed E-state index contributed by atoms with van der Waals surface area (Å²) in [5, 5.41) is 38.1. The molecule has 5 atom stereocenters. The fraction of sp³-hybridized carbons (Fsp3) is 0.882. The molecular weight excluding hydrogens is 326 g/mol. The van der Waals surface area contributed by atoms with Crippen LogP contribution >= 0.6 is 0 Å². The van der Waals surface area contributed by atoms with Crippen LogP contribution in [-0.2, 0) is 20.4 Å². The third-order valence-corrected chi connectivity index (χ3v) is 4.73. The number of nitrogens with zero attached hydrogens (tertiary/aromatic N) is 3. The van der Waals surface area contributed by atoms with Gasteiger partial charge < -0.3 is 24.8 Å². The molecule has 8 nitrogen and oxygen atoms in total. The van der Waals surface area contributed by atoms with E-state index in [1.807, 2.05) is 40.8 Å². The summed E-state index contributed by atoms with van der Waals surface area (Å²) in [5.74, 6) is -0.375. The van der Waals surface area contributed by atoms with Gasteiger partial charge >= 0.3 is 0 Å². The molecule has 0 aliphatic carbocycles. The summed E-state index contributed by atoms with van der Waals surface area (Å²) < 4.78 is 13.1. The van der Waals surface area contributed by atoms with Gasteiger partial charge in [0.05, 0.1) is 36.7 Å². The summed E-state index contributed by atoms with van der Waals surface area (Å²) in [6, 6.07) is 0. The van der Waals surface area contributed by atoms with Crippen molar-refractivity contribution < 1.29 is 24.8 Å². The minimum atomic E-state index is -1.17. The van der Waals surface area contributed by atoms with Crippen LogP contribution in [0.2, 0.25) is 0 Å². The van der Waals surface area contributed by atoms with Gasteiger partial charge in [-0.2, -0.15) is 0 Å². The second-order valence-corrected chi connectivity index (χ2v) is 8.48. The summed E-state index contributed by atoms with van der Waals surface area (Å²) in [6.45, 7) is 11.7. The van der Waals surface area contributed by atoms with Crippen LogP contribution in [-0.4, -0.2) is 68.1 Å². The first-order valence-corrected chi connectivity index (χ1v) is 8.64. The molecule has 1 aliphatic heterocycles. The Morgan fingerprint density at radius 3 is 2.36 bits per heavy atom. The Bertz CT molecular complexity index is 567. The molecule has 8 heteroatoms. The number of ether oxygens (including phenoxy) is 2. The Morgan fingerprint density at radius 2 is 1.84 bits per heavy atom. The Labute approximate surface area is 148 Å². The lowest BCUT2D eigenvalue weighted by Crippen LogP contribution is -2.55. The van der Waals surface area contributed by atoms with Crippen molar-refractivity contribution in [1.82, 2.24) is 15.0 Å². The van der Waals surface area contributed by atoms with E-state index in [0.717, 1.165) is 5.69 Å². The maximum Gasteiger partial charge on any atom is 0.186 e. The third kappa shape index (κ3) is 4.38. The Morgan fingerprint density at radius 1 is 1.20 bits per heavy atom. The van der Waals surface area contributed by atoms with Gasteiger partial charge in [0, 0.05) is 17.5 Å². The van der Waals surface area contributed by atoms with Gasteiger partial charge in [0.1, 0.15) is 6.10 Å². The largest absolute Gasteiger partial charge is 0.394 e. The Hall–Kier alpha value is -1.06. The van der Waals surface area contributed by atoms with E-state index in [0.29, 0.717) is 0 Å². The molecule has 0 unspecified atom stereocenters. The van der Waals surface area contributed by atoms with Crippen LogP contribution in [0, 0.1) is 5.92 Å². The fourth-order valence-corrected chi connectivity index (χ4v) is 2.68. The minimum absolute atomic E-state index is 0.167. The van der Waals surface area contributed by atoms with Crippen LogP contribution in [0.15, 0.2) is 6.20 Å². The van der Waals surface area contributed by atoms with Gasteiger partial charge in [-0.25, -0.2) is 4.68 Å². The molecule has 1 aromatic heterocycles. The zero-order valence-electron chi connectivity index (χ0n) is 15.9. The number of aromatic nitrogens is 3. The topological polar surface area (TPSA) is 110 Å². The van der Waals surface area contributed by atoms with E-state index in [-0.39, 0.29) is 24.7 Å².